The molecule has 154 valence electrons. The van der Waals surface area contributed by atoms with Gasteiger partial charge in [0.05, 0.1) is 24.7 Å². The summed E-state index contributed by atoms with van der Waals surface area (Å²) >= 11 is 0. The lowest BCUT2D eigenvalue weighted by Crippen LogP contribution is -2.44. The van der Waals surface area contributed by atoms with E-state index in [1.165, 1.54) is 26.4 Å². The number of benzene rings is 1. The van der Waals surface area contributed by atoms with Crippen LogP contribution in [0.25, 0.3) is 0 Å². The highest BCUT2D eigenvalue weighted by atomic mass is 16.6. The van der Waals surface area contributed by atoms with Crippen LogP contribution < -0.4 is 14.8 Å². The molecule has 1 aromatic carbocycles. The fourth-order valence-electron chi connectivity index (χ4n) is 3.96. The average Bonchev–Trinajstić information content (AvgIpc) is 3.15. The number of nitro benzene ring substituents is 1. The predicted molar refractivity (Wildman–Crippen MR) is 102 cm³/mol. The van der Waals surface area contributed by atoms with Gasteiger partial charge in [-0.15, -0.1) is 0 Å². The molecule has 0 atom stereocenters. The third-order valence-electron chi connectivity index (χ3n) is 5.70. The van der Waals surface area contributed by atoms with Gasteiger partial charge in [-0.2, -0.15) is 0 Å². The fourth-order valence-corrected chi connectivity index (χ4v) is 3.96. The number of hydrogen-bond donors (Lipinski definition) is 1. The van der Waals surface area contributed by atoms with E-state index in [9.17, 15) is 14.9 Å². The maximum atomic E-state index is 13.1. The highest BCUT2D eigenvalue weighted by Crippen LogP contribution is 2.39. The highest BCUT2D eigenvalue weighted by Gasteiger charge is 2.39. The van der Waals surface area contributed by atoms with Crippen LogP contribution >= 0.6 is 0 Å². The molecule has 3 rings (SSSR count). The highest BCUT2D eigenvalue weighted by molar-refractivity contribution is 5.99. The summed E-state index contributed by atoms with van der Waals surface area (Å²) in [7, 11) is 2.98. The minimum absolute atomic E-state index is 0.0291. The van der Waals surface area contributed by atoms with Crippen LogP contribution in [0.15, 0.2) is 12.1 Å². The summed E-state index contributed by atoms with van der Waals surface area (Å²) in [6.45, 7) is 3.76. The van der Waals surface area contributed by atoms with Gasteiger partial charge in [-0.05, 0) is 31.2 Å². The number of rotatable bonds is 7. The molecule has 1 aromatic rings. The van der Waals surface area contributed by atoms with E-state index >= 15 is 0 Å². The Hall–Kier alpha value is -2.39. The summed E-state index contributed by atoms with van der Waals surface area (Å²) < 4.78 is 15.7. The molecular formula is C19H27N3O6. The van der Waals surface area contributed by atoms with Gasteiger partial charge in [0.25, 0.3) is 11.6 Å². The number of carbonyl (C=O) groups is 1. The number of likely N-dealkylation sites (tertiary alicyclic amines) is 1. The molecule has 2 heterocycles. The van der Waals surface area contributed by atoms with Crippen LogP contribution in [-0.4, -0.2) is 69.3 Å². The molecule has 0 saturated carbocycles. The van der Waals surface area contributed by atoms with Crippen LogP contribution in [0.3, 0.4) is 0 Å². The molecule has 1 N–H and O–H groups in total. The van der Waals surface area contributed by atoms with Gasteiger partial charge in [0.2, 0.25) is 0 Å². The van der Waals surface area contributed by atoms with Crippen LogP contribution in [0.5, 0.6) is 11.5 Å². The molecule has 1 amide bonds. The van der Waals surface area contributed by atoms with Crippen molar-refractivity contribution < 1.29 is 23.9 Å². The SMILES string of the molecule is COCCOc1cc([N+](=O)[O-])c(C(=O)N2CCC3(CCNC3)CC2)cc1OC. The molecular weight excluding hydrogens is 366 g/mol. The third kappa shape index (κ3) is 4.20. The Morgan fingerprint density at radius 2 is 1.96 bits per heavy atom. The van der Waals surface area contributed by atoms with E-state index in [2.05, 4.69) is 5.32 Å². The van der Waals surface area contributed by atoms with Crippen LogP contribution in [-0.2, 0) is 4.74 Å². The molecule has 0 aliphatic carbocycles. The van der Waals surface area contributed by atoms with E-state index in [0.717, 1.165) is 32.4 Å². The quantitative estimate of drug-likeness (QED) is 0.428. The Morgan fingerprint density at radius 3 is 2.54 bits per heavy atom. The molecule has 2 saturated heterocycles. The van der Waals surface area contributed by atoms with Crippen molar-refractivity contribution in [1.82, 2.24) is 10.2 Å². The Kier molecular flexibility index (Phi) is 6.35. The number of piperidine rings is 1. The van der Waals surface area contributed by atoms with Gasteiger partial charge in [-0.1, -0.05) is 0 Å². The number of carbonyl (C=O) groups excluding carboxylic acids is 1. The third-order valence-corrected chi connectivity index (χ3v) is 5.70. The standard InChI is InChI=1S/C19H27N3O6/c1-26-9-10-28-17-12-15(22(24)25)14(11-16(17)27-2)18(23)21-7-4-19(5-8-21)3-6-20-13-19/h11-12,20H,3-10,13H2,1-2H3. The first kappa shape index (κ1) is 20.3. The van der Waals surface area contributed by atoms with Crippen LogP contribution in [0, 0.1) is 15.5 Å². The second-order valence-corrected chi connectivity index (χ2v) is 7.34. The molecule has 9 nitrogen and oxygen atoms in total. The van der Waals surface area contributed by atoms with Crippen LogP contribution in [0.1, 0.15) is 29.6 Å². The van der Waals surface area contributed by atoms with Gasteiger partial charge in [-0.25, -0.2) is 0 Å². The summed E-state index contributed by atoms with van der Waals surface area (Å²) in [5.41, 5.74) is 0.0156. The lowest BCUT2D eigenvalue weighted by Gasteiger charge is -2.38. The number of nitro groups is 1. The molecule has 2 fully saturated rings. The predicted octanol–water partition coefficient (Wildman–Crippen LogP) is 1.84. The van der Waals surface area contributed by atoms with E-state index in [0.29, 0.717) is 25.4 Å². The zero-order valence-corrected chi connectivity index (χ0v) is 16.4. The fraction of sp³-hybridized carbons (Fsp3) is 0.632. The van der Waals surface area contributed by atoms with E-state index in [-0.39, 0.29) is 34.9 Å². The van der Waals surface area contributed by atoms with Crippen molar-refractivity contribution in [3.63, 3.8) is 0 Å². The first-order chi connectivity index (χ1) is 13.5. The van der Waals surface area contributed by atoms with Gasteiger partial charge in [0.15, 0.2) is 11.5 Å². The second kappa shape index (κ2) is 8.74. The number of ether oxygens (including phenoxy) is 3. The average molecular weight is 393 g/mol. The minimum Gasteiger partial charge on any atom is -0.493 e. The largest absolute Gasteiger partial charge is 0.493 e. The number of nitrogens with one attached hydrogen (secondary N) is 1. The van der Waals surface area contributed by atoms with Gasteiger partial charge >= 0.3 is 0 Å². The zero-order chi connectivity index (χ0) is 20.1. The van der Waals surface area contributed by atoms with Gasteiger partial charge in [0, 0.05) is 32.8 Å². The molecule has 2 aliphatic heterocycles. The number of amides is 1. The summed E-state index contributed by atoms with van der Waals surface area (Å²) in [4.78, 5) is 25.8. The summed E-state index contributed by atoms with van der Waals surface area (Å²) in [6.07, 6.45) is 2.94. The van der Waals surface area contributed by atoms with Crippen LogP contribution in [0.2, 0.25) is 0 Å². The Balaban J connectivity index is 1.81. The number of hydrogen-bond acceptors (Lipinski definition) is 7. The molecule has 1 spiro atoms. The first-order valence-corrected chi connectivity index (χ1v) is 9.48. The zero-order valence-electron chi connectivity index (χ0n) is 16.4. The van der Waals surface area contributed by atoms with E-state index in [4.69, 9.17) is 14.2 Å². The maximum absolute atomic E-state index is 13.1. The molecule has 9 heteroatoms. The maximum Gasteiger partial charge on any atom is 0.286 e. The van der Waals surface area contributed by atoms with Gasteiger partial charge in [0.1, 0.15) is 12.2 Å². The number of methoxy groups -OCH3 is 2. The normalized spacial score (nSPS) is 18.3. The van der Waals surface area contributed by atoms with Crippen molar-refractivity contribution in [3.05, 3.63) is 27.8 Å². The molecule has 0 unspecified atom stereocenters. The molecule has 28 heavy (non-hydrogen) atoms. The Labute approximate surface area is 164 Å². The molecule has 0 radical (unpaired) electrons. The van der Waals surface area contributed by atoms with E-state index in [1.54, 1.807) is 4.90 Å². The summed E-state index contributed by atoms with van der Waals surface area (Å²) in [6, 6.07) is 2.66. The van der Waals surface area contributed by atoms with E-state index in [1.807, 2.05) is 0 Å². The lowest BCUT2D eigenvalue weighted by molar-refractivity contribution is -0.385. The smallest absolute Gasteiger partial charge is 0.286 e. The van der Waals surface area contributed by atoms with Crippen molar-refractivity contribution in [1.29, 1.82) is 0 Å². The molecule has 0 bridgehead atoms. The summed E-state index contributed by atoms with van der Waals surface area (Å²) in [5, 5.41) is 15.0. The van der Waals surface area contributed by atoms with Crippen molar-refractivity contribution in [2.45, 2.75) is 19.3 Å². The minimum atomic E-state index is -0.553. The molecule has 2 aliphatic rings. The van der Waals surface area contributed by atoms with Gasteiger partial charge < -0.3 is 24.4 Å². The Morgan fingerprint density at radius 1 is 1.21 bits per heavy atom. The first-order valence-electron chi connectivity index (χ1n) is 9.48. The topological polar surface area (TPSA) is 103 Å². The van der Waals surface area contributed by atoms with Crippen molar-refractivity contribution >= 4 is 11.6 Å². The second-order valence-electron chi connectivity index (χ2n) is 7.34. The van der Waals surface area contributed by atoms with Crippen molar-refractivity contribution in [2.24, 2.45) is 5.41 Å². The Bertz CT molecular complexity index is 723. The van der Waals surface area contributed by atoms with Gasteiger partial charge in [-0.3, -0.25) is 14.9 Å². The molecule has 0 aromatic heterocycles. The van der Waals surface area contributed by atoms with E-state index < -0.39 is 4.92 Å². The number of nitrogens with zero attached hydrogens (tertiary/aromatic N) is 2. The van der Waals surface area contributed by atoms with Crippen LogP contribution in [0.4, 0.5) is 5.69 Å². The van der Waals surface area contributed by atoms with Crippen molar-refractivity contribution in [2.75, 3.05) is 53.6 Å². The summed E-state index contributed by atoms with van der Waals surface area (Å²) in [5.74, 6) is 0.171. The van der Waals surface area contributed by atoms with Crippen molar-refractivity contribution in [3.8, 4) is 11.5 Å². The lowest BCUT2D eigenvalue weighted by atomic mass is 9.78. The monoisotopic (exact) mass is 393 g/mol.